The maximum Gasteiger partial charge on any atom is 0.259 e. The molecule has 0 radical (unpaired) electrons. The highest BCUT2D eigenvalue weighted by Crippen LogP contribution is 2.29. The first-order chi connectivity index (χ1) is 16.2. The van der Waals surface area contributed by atoms with Crippen LogP contribution in [0.2, 0.25) is 19.6 Å². The number of methoxy groups -OCH3 is 1. The molecule has 0 aliphatic rings. The van der Waals surface area contributed by atoms with Crippen molar-refractivity contribution in [3.8, 4) is 17.2 Å². The van der Waals surface area contributed by atoms with Crippen molar-refractivity contribution >= 4 is 37.1 Å². The van der Waals surface area contributed by atoms with Crippen molar-refractivity contribution in [1.29, 1.82) is 0 Å². The SMILES string of the molecule is [C-]#[N+]c1ccc(C(=O)Nc2c(OC)cccc2C(=O)Nc2ccc(C#C[Si](C)(C)C)cn2)cc1. The topological polar surface area (TPSA) is 84.7 Å². The number of pyridine rings is 1. The molecule has 8 heteroatoms. The molecular formula is C26H24N4O3Si. The summed E-state index contributed by atoms with van der Waals surface area (Å²) >= 11 is 0. The van der Waals surface area contributed by atoms with E-state index >= 15 is 0 Å². The third-order valence-electron chi connectivity index (χ3n) is 4.57. The van der Waals surface area contributed by atoms with E-state index in [2.05, 4.69) is 51.6 Å². The van der Waals surface area contributed by atoms with Crippen LogP contribution in [0.15, 0.2) is 60.8 Å². The van der Waals surface area contributed by atoms with E-state index in [4.69, 9.17) is 11.3 Å². The van der Waals surface area contributed by atoms with E-state index in [1.165, 1.54) is 7.11 Å². The normalized spacial score (nSPS) is 10.3. The quantitative estimate of drug-likeness (QED) is 0.299. The lowest BCUT2D eigenvalue weighted by Crippen LogP contribution is -2.19. The summed E-state index contributed by atoms with van der Waals surface area (Å²) in [4.78, 5) is 33.4. The second-order valence-corrected chi connectivity index (χ2v) is 13.1. The average molecular weight is 469 g/mol. The van der Waals surface area contributed by atoms with Gasteiger partial charge in [0.05, 0.1) is 24.9 Å². The number of nitrogens with one attached hydrogen (secondary N) is 2. The van der Waals surface area contributed by atoms with Gasteiger partial charge in [-0.05, 0) is 24.3 Å². The van der Waals surface area contributed by atoms with Gasteiger partial charge in [-0.2, -0.15) is 0 Å². The van der Waals surface area contributed by atoms with Crippen molar-refractivity contribution in [2.45, 2.75) is 19.6 Å². The number of nitrogens with zero attached hydrogens (tertiary/aromatic N) is 2. The Kier molecular flexibility index (Phi) is 7.47. The van der Waals surface area contributed by atoms with E-state index in [-0.39, 0.29) is 11.3 Å². The summed E-state index contributed by atoms with van der Waals surface area (Å²) in [5, 5.41) is 5.50. The van der Waals surface area contributed by atoms with E-state index < -0.39 is 19.9 Å². The fraction of sp³-hybridized carbons (Fsp3) is 0.154. The fourth-order valence-electron chi connectivity index (χ4n) is 2.88. The van der Waals surface area contributed by atoms with E-state index in [9.17, 15) is 9.59 Å². The lowest BCUT2D eigenvalue weighted by atomic mass is 10.1. The van der Waals surface area contributed by atoms with Gasteiger partial charge in [-0.1, -0.05) is 55.9 Å². The highest BCUT2D eigenvalue weighted by atomic mass is 28.3. The van der Waals surface area contributed by atoms with Crippen LogP contribution in [0.3, 0.4) is 0 Å². The second-order valence-electron chi connectivity index (χ2n) is 8.38. The number of aromatic nitrogens is 1. The molecule has 3 aromatic rings. The number of carbonyl (C=O) groups excluding carboxylic acids is 2. The Morgan fingerprint density at radius 3 is 2.32 bits per heavy atom. The Bertz CT molecular complexity index is 1310. The van der Waals surface area contributed by atoms with Crippen LogP contribution < -0.4 is 15.4 Å². The summed E-state index contributed by atoms with van der Waals surface area (Å²) in [6, 6.07) is 14.6. The Labute approximate surface area is 200 Å². The molecular weight excluding hydrogens is 444 g/mol. The molecule has 0 aliphatic heterocycles. The standard InChI is InChI=1S/C26H24N4O3Si/c1-27-20-12-10-19(11-13-20)25(31)30-24-21(7-6-8-22(24)33-2)26(32)29-23-14-9-18(17-28-23)15-16-34(3,4)5/h6-14,17H,2-5H3,(H,30,31)(H,28,29,32). The number of carbonyl (C=O) groups is 2. The van der Waals surface area contributed by atoms with Crippen molar-refractivity contribution in [3.63, 3.8) is 0 Å². The largest absolute Gasteiger partial charge is 0.495 e. The lowest BCUT2D eigenvalue weighted by Gasteiger charge is -2.15. The first-order valence-electron chi connectivity index (χ1n) is 10.5. The minimum absolute atomic E-state index is 0.217. The van der Waals surface area contributed by atoms with Crippen LogP contribution in [-0.4, -0.2) is 32.0 Å². The van der Waals surface area contributed by atoms with Crippen LogP contribution in [0.1, 0.15) is 26.3 Å². The highest BCUT2D eigenvalue weighted by molar-refractivity contribution is 6.83. The summed E-state index contributed by atoms with van der Waals surface area (Å²) < 4.78 is 5.37. The molecule has 0 saturated carbocycles. The van der Waals surface area contributed by atoms with Crippen molar-refractivity contribution in [3.05, 3.63) is 88.9 Å². The first-order valence-corrected chi connectivity index (χ1v) is 14.0. The number of amides is 2. The molecule has 1 heterocycles. The first kappa shape index (κ1) is 24.2. The van der Waals surface area contributed by atoms with Crippen molar-refractivity contribution in [2.24, 2.45) is 0 Å². The Balaban J connectivity index is 1.82. The molecule has 170 valence electrons. The molecule has 34 heavy (non-hydrogen) atoms. The zero-order valence-electron chi connectivity index (χ0n) is 19.4. The Morgan fingerprint density at radius 1 is 1.00 bits per heavy atom. The zero-order valence-corrected chi connectivity index (χ0v) is 20.4. The average Bonchev–Trinajstić information content (AvgIpc) is 2.83. The van der Waals surface area contributed by atoms with E-state index in [1.54, 1.807) is 60.8 Å². The van der Waals surface area contributed by atoms with Crippen LogP contribution in [0.25, 0.3) is 4.85 Å². The van der Waals surface area contributed by atoms with E-state index in [1.807, 2.05) is 0 Å². The maximum atomic E-state index is 13.0. The van der Waals surface area contributed by atoms with Crippen LogP contribution >= 0.6 is 0 Å². The summed E-state index contributed by atoms with van der Waals surface area (Å²) in [7, 11) is -0.0430. The van der Waals surface area contributed by atoms with Gasteiger partial charge in [-0.15, -0.1) is 5.54 Å². The molecule has 0 bridgehead atoms. The number of ether oxygens (including phenoxy) is 1. The number of benzene rings is 2. The van der Waals surface area contributed by atoms with Crippen LogP contribution in [0, 0.1) is 18.0 Å². The second kappa shape index (κ2) is 10.5. The number of para-hydroxylation sites is 1. The molecule has 0 saturated heterocycles. The number of hydrogen-bond acceptors (Lipinski definition) is 4. The highest BCUT2D eigenvalue weighted by Gasteiger charge is 2.19. The van der Waals surface area contributed by atoms with Crippen LogP contribution in [-0.2, 0) is 0 Å². The van der Waals surface area contributed by atoms with E-state index in [0.717, 1.165) is 5.56 Å². The van der Waals surface area contributed by atoms with Crippen molar-refractivity contribution in [1.82, 2.24) is 4.98 Å². The van der Waals surface area contributed by atoms with Crippen molar-refractivity contribution < 1.29 is 14.3 Å². The molecule has 0 unspecified atom stereocenters. The molecule has 2 amide bonds. The van der Waals surface area contributed by atoms with Gasteiger partial charge >= 0.3 is 0 Å². The number of anilines is 2. The van der Waals surface area contributed by atoms with Gasteiger partial charge in [0, 0.05) is 17.3 Å². The molecule has 2 aromatic carbocycles. The summed E-state index contributed by atoms with van der Waals surface area (Å²) in [5.74, 6) is 2.93. The molecule has 0 atom stereocenters. The minimum atomic E-state index is -1.50. The van der Waals surface area contributed by atoms with Gasteiger partial charge in [0.2, 0.25) is 0 Å². The predicted molar refractivity (Wildman–Crippen MR) is 136 cm³/mol. The maximum absolute atomic E-state index is 13.0. The zero-order chi connectivity index (χ0) is 24.7. The number of rotatable bonds is 5. The predicted octanol–water partition coefficient (Wildman–Crippen LogP) is 5.37. The van der Waals surface area contributed by atoms with E-state index in [0.29, 0.717) is 22.8 Å². The summed E-state index contributed by atoms with van der Waals surface area (Å²) in [6.45, 7) is 13.5. The summed E-state index contributed by atoms with van der Waals surface area (Å²) in [6.07, 6.45) is 1.61. The van der Waals surface area contributed by atoms with Gasteiger partial charge in [0.25, 0.3) is 11.8 Å². The fourth-order valence-corrected chi connectivity index (χ4v) is 3.40. The molecule has 0 fully saturated rings. The molecule has 7 nitrogen and oxygen atoms in total. The molecule has 2 N–H and O–H groups in total. The third kappa shape index (κ3) is 6.32. The monoisotopic (exact) mass is 468 g/mol. The molecule has 0 aliphatic carbocycles. The van der Waals surface area contributed by atoms with Gasteiger partial charge < -0.3 is 15.4 Å². The third-order valence-corrected chi connectivity index (χ3v) is 5.45. The molecule has 1 aromatic heterocycles. The molecule has 0 spiro atoms. The van der Waals surface area contributed by atoms with Gasteiger partial charge in [0.1, 0.15) is 19.6 Å². The minimum Gasteiger partial charge on any atom is -0.495 e. The van der Waals surface area contributed by atoms with Gasteiger partial charge in [-0.25, -0.2) is 9.83 Å². The Morgan fingerprint density at radius 2 is 1.74 bits per heavy atom. The van der Waals surface area contributed by atoms with Crippen LogP contribution in [0.5, 0.6) is 5.75 Å². The van der Waals surface area contributed by atoms with Gasteiger partial charge in [0.15, 0.2) is 5.69 Å². The van der Waals surface area contributed by atoms with Crippen molar-refractivity contribution in [2.75, 3.05) is 17.7 Å². The van der Waals surface area contributed by atoms with Gasteiger partial charge in [-0.3, -0.25) is 9.59 Å². The summed E-state index contributed by atoms with van der Waals surface area (Å²) in [5.41, 5.74) is 5.28. The number of hydrogen-bond donors (Lipinski definition) is 2. The smallest absolute Gasteiger partial charge is 0.259 e. The van der Waals surface area contributed by atoms with Crippen LogP contribution in [0.4, 0.5) is 17.2 Å². The Hall–Kier alpha value is -4.40. The lowest BCUT2D eigenvalue weighted by molar-refractivity contribution is 0.102. The molecule has 3 rings (SSSR count).